The molecule has 0 spiro atoms. The van der Waals surface area contributed by atoms with Gasteiger partial charge in [-0.2, -0.15) is 0 Å². The Bertz CT molecular complexity index is 824. The number of rotatable bonds is 6. The van der Waals surface area contributed by atoms with Crippen molar-refractivity contribution in [3.8, 4) is 0 Å². The van der Waals surface area contributed by atoms with Crippen molar-refractivity contribution >= 4 is 17.3 Å². The van der Waals surface area contributed by atoms with Gasteiger partial charge < -0.3 is 24.4 Å². The average Bonchev–Trinajstić information content (AvgIpc) is 3.27. The molecule has 0 aliphatic rings. The summed E-state index contributed by atoms with van der Waals surface area (Å²) >= 11 is 0. The maximum absolute atomic E-state index is 12.8. The average molecular weight is 339 g/mol. The van der Waals surface area contributed by atoms with Crippen LogP contribution in [0, 0.1) is 0 Å². The summed E-state index contributed by atoms with van der Waals surface area (Å²) in [5.74, 6) is 0.797. The summed E-state index contributed by atoms with van der Waals surface area (Å²) < 4.78 is 10.7. The molecule has 1 amide bonds. The van der Waals surface area contributed by atoms with E-state index in [0.29, 0.717) is 30.3 Å². The first-order chi connectivity index (χ1) is 12.0. The Balaban J connectivity index is 1.92. The smallest absolute Gasteiger partial charge is 0.290 e. The monoisotopic (exact) mass is 339 g/mol. The third kappa shape index (κ3) is 3.85. The lowest BCUT2D eigenvalue weighted by molar-refractivity contribution is 0.0685. The molecule has 0 aliphatic heterocycles. The van der Waals surface area contributed by atoms with Gasteiger partial charge in [0.2, 0.25) is 0 Å². The molecule has 6 nitrogen and oxygen atoms in total. The first-order valence-corrected chi connectivity index (χ1v) is 7.95. The molecule has 2 N–H and O–H groups in total. The van der Waals surface area contributed by atoms with Gasteiger partial charge in [0.15, 0.2) is 5.76 Å². The van der Waals surface area contributed by atoms with Crippen LogP contribution < -0.4 is 10.6 Å². The number of anilines is 2. The number of nitrogens with zero attached hydrogens (tertiary/aromatic N) is 2. The van der Waals surface area contributed by atoms with E-state index in [1.807, 2.05) is 43.3 Å². The van der Waals surface area contributed by atoms with E-state index >= 15 is 0 Å². The van der Waals surface area contributed by atoms with Gasteiger partial charge in [-0.25, -0.2) is 0 Å². The number of hydrogen-bond acceptors (Lipinski definition) is 5. The summed E-state index contributed by atoms with van der Waals surface area (Å²) in [4.78, 5) is 16.5. The Hall–Kier alpha value is -3.15. The van der Waals surface area contributed by atoms with Crippen molar-refractivity contribution in [3.63, 3.8) is 0 Å². The van der Waals surface area contributed by atoms with E-state index in [2.05, 4.69) is 0 Å². The van der Waals surface area contributed by atoms with Crippen molar-refractivity contribution in [1.82, 2.24) is 4.90 Å². The Kier molecular flexibility index (Phi) is 4.79. The van der Waals surface area contributed by atoms with Crippen LogP contribution in [-0.2, 0) is 13.1 Å². The van der Waals surface area contributed by atoms with Gasteiger partial charge in [0.1, 0.15) is 5.76 Å². The molecule has 0 unspecified atom stereocenters. The summed E-state index contributed by atoms with van der Waals surface area (Å²) in [6.45, 7) is 0.729. The molecule has 0 radical (unpaired) electrons. The molecule has 1 aromatic carbocycles. The molecule has 0 aliphatic carbocycles. The van der Waals surface area contributed by atoms with Crippen LogP contribution in [0.2, 0.25) is 0 Å². The van der Waals surface area contributed by atoms with Crippen LogP contribution in [0.4, 0.5) is 11.4 Å². The first kappa shape index (κ1) is 16.7. The quantitative estimate of drug-likeness (QED) is 0.697. The predicted octanol–water partition coefficient (Wildman–Crippen LogP) is 3.36. The van der Waals surface area contributed by atoms with Crippen molar-refractivity contribution in [2.45, 2.75) is 13.1 Å². The third-order valence-corrected chi connectivity index (χ3v) is 3.89. The van der Waals surface area contributed by atoms with E-state index in [9.17, 15) is 4.79 Å². The SMILES string of the molecule is CN(C)c1ccc(N)cc1CN(Cc1ccco1)C(=O)c1ccco1. The normalized spacial score (nSPS) is 10.6. The van der Waals surface area contributed by atoms with Crippen molar-refractivity contribution < 1.29 is 13.6 Å². The first-order valence-electron chi connectivity index (χ1n) is 7.95. The van der Waals surface area contributed by atoms with Crippen molar-refractivity contribution in [2.24, 2.45) is 0 Å². The second-order valence-electron chi connectivity index (χ2n) is 6.00. The Morgan fingerprint density at radius 3 is 2.44 bits per heavy atom. The number of amides is 1. The topological polar surface area (TPSA) is 75.8 Å². The van der Waals surface area contributed by atoms with Crippen LogP contribution in [0.1, 0.15) is 21.9 Å². The second-order valence-corrected chi connectivity index (χ2v) is 6.00. The number of carbonyl (C=O) groups is 1. The molecule has 130 valence electrons. The molecule has 3 rings (SSSR count). The third-order valence-electron chi connectivity index (χ3n) is 3.89. The molecular weight excluding hydrogens is 318 g/mol. The lowest BCUT2D eigenvalue weighted by atomic mass is 10.1. The predicted molar refractivity (Wildman–Crippen MR) is 96.2 cm³/mol. The van der Waals surface area contributed by atoms with Crippen molar-refractivity contribution in [2.75, 3.05) is 24.7 Å². The second kappa shape index (κ2) is 7.17. The molecule has 2 heterocycles. The van der Waals surface area contributed by atoms with E-state index in [1.165, 1.54) is 6.26 Å². The summed E-state index contributed by atoms with van der Waals surface area (Å²) in [6.07, 6.45) is 3.08. The summed E-state index contributed by atoms with van der Waals surface area (Å²) in [6, 6.07) is 12.7. The van der Waals surface area contributed by atoms with E-state index in [0.717, 1.165) is 11.3 Å². The zero-order valence-corrected chi connectivity index (χ0v) is 14.3. The van der Waals surface area contributed by atoms with Gasteiger partial charge in [0, 0.05) is 32.0 Å². The van der Waals surface area contributed by atoms with Crippen molar-refractivity contribution in [1.29, 1.82) is 0 Å². The van der Waals surface area contributed by atoms with Crippen LogP contribution in [0.3, 0.4) is 0 Å². The molecule has 6 heteroatoms. The maximum atomic E-state index is 12.8. The van der Waals surface area contributed by atoms with Gasteiger partial charge in [-0.3, -0.25) is 4.79 Å². The molecule has 0 bridgehead atoms. The highest BCUT2D eigenvalue weighted by Crippen LogP contribution is 2.25. The van der Waals surface area contributed by atoms with E-state index in [1.54, 1.807) is 29.4 Å². The van der Waals surface area contributed by atoms with Crippen LogP contribution in [0.25, 0.3) is 0 Å². The highest BCUT2D eigenvalue weighted by Gasteiger charge is 2.21. The van der Waals surface area contributed by atoms with E-state index in [4.69, 9.17) is 14.6 Å². The molecule has 0 atom stereocenters. The van der Waals surface area contributed by atoms with Crippen LogP contribution >= 0.6 is 0 Å². The van der Waals surface area contributed by atoms with Gasteiger partial charge in [-0.1, -0.05) is 0 Å². The van der Waals surface area contributed by atoms with Gasteiger partial charge >= 0.3 is 0 Å². The molecule has 25 heavy (non-hydrogen) atoms. The van der Waals surface area contributed by atoms with E-state index < -0.39 is 0 Å². The molecule has 0 saturated carbocycles. The molecular formula is C19H21N3O3. The van der Waals surface area contributed by atoms with Crippen molar-refractivity contribution in [3.05, 3.63) is 72.1 Å². The summed E-state index contributed by atoms with van der Waals surface area (Å²) in [7, 11) is 3.92. The fourth-order valence-corrected chi connectivity index (χ4v) is 2.72. The van der Waals surface area contributed by atoms with E-state index in [-0.39, 0.29) is 5.91 Å². The number of hydrogen-bond donors (Lipinski definition) is 1. The fraction of sp³-hybridized carbons (Fsp3) is 0.211. The minimum Gasteiger partial charge on any atom is -0.467 e. The zero-order valence-electron chi connectivity index (χ0n) is 14.3. The lowest BCUT2D eigenvalue weighted by Crippen LogP contribution is -2.30. The lowest BCUT2D eigenvalue weighted by Gasteiger charge is -2.24. The number of nitrogen functional groups attached to an aromatic ring is 1. The van der Waals surface area contributed by atoms with Crippen LogP contribution in [0.15, 0.2) is 63.8 Å². The zero-order chi connectivity index (χ0) is 17.8. The Morgan fingerprint density at radius 2 is 1.80 bits per heavy atom. The Labute approximate surface area is 146 Å². The largest absolute Gasteiger partial charge is 0.467 e. The molecule has 0 fully saturated rings. The fourth-order valence-electron chi connectivity index (χ4n) is 2.72. The molecule has 0 saturated heterocycles. The highest BCUT2D eigenvalue weighted by atomic mass is 16.3. The highest BCUT2D eigenvalue weighted by molar-refractivity contribution is 5.91. The number of nitrogens with two attached hydrogens (primary N) is 1. The Morgan fingerprint density at radius 1 is 1.04 bits per heavy atom. The van der Waals surface area contributed by atoms with Crippen LogP contribution in [0.5, 0.6) is 0 Å². The number of carbonyl (C=O) groups excluding carboxylic acids is 1. The summed E-state index contributed by atoms with van der Waals surface area (Å²) in [5, 5.41) is 0. The molecule has 3 aromatic rings. The number of furan rings is 2. The minimum absolute atomic E-state index is 0.200. The van der Waals surface area contributed by atoms with Gasteiger partial charge in [-0.15, -0.1) is 0 Å². The standard InChI is InChI=1S/C19H21N3O3/c1-21(2)17-8-7-15(20)11-14(17)12-22(13-16-5-3-9-24-16)19(23)18-6-4-10-25-18/h3-11H,12-13,20H2,1-2H3. The van der Waals surface area contributed by atoms with Gasteiger partial charge in [-0.05, 0) is 48.0 Å². The summed E-state index contributed by atoms with van der Waals surface area (Å²) in [5.41, 5.74) is 8.57. The maximum Gasteiger partial charge on any atom is 0.290 e. The van der Waals surface area contributed by atoms with Gasteiger partial charge in [0.05, 0.1) is 19.1 Å². The number of benzene rings is 1. The van der Waals surface area contributed by atoms with Crippen LogP contribution in [-0.4, -0.2) is 24.9 Å². The molecule has 2 aromatic heterocycles. The van der Waals surface area contributed by atoms with Gasteiger partial charge in [0.25, 0.3) is 5.91 Å². The minimum atomic E-state index is -0.200.